The zero-order valence-corrected chi connectivity index (χ0v) is 9.89. The van der Waals surface area contributed by atoms with Crippen molar-refractivity contribution in [3.8, 4) is 5.69 Å². The van der Waals surface area contributed by atoms with E-state index in [0.29, 0.717) is 4.77 Å². The van der Waals surface area contributed by atoms with E-state index in [1.807, 2.05) is 59.3 Å². The summed E-state index contributed by atoms with van der Waals surface area (Å²) in [7, 11) is 0. The number of para-hydroxylation sites is 2. The lowest BCUT2D eigenvalue weighted by atomic mass is 10.2. The van der Waals surface area contributed by atoms with Crippen molar-refractivity contribution < 1.29 is 0 Å². The lowest BCUT2D eigenvalue weighted by Gasteiger charge is -2.10. The van der Waals surface area contributed by atoms with E-state index in [1.54, 1.807) is 0 Å². The van der Waals surface area contributed by atoms with Crippen LogP contribution in [0.3, 0.4) is 0 Å². The highest BCUT2D eigenvalue weighted by molar-refractivity contribution is 7.71. The monoisotopic (exact) mass is 238 g/mol. The number of nitrogens with zero attached hydrogens (tertiary/aromatic N) is 2. The van der Waals surface area contributed by atoms with Crippen molar-refractivity contribution in [3.05, 3.63) is 65.6 Å². The van der Waals surface area contributed by atoms with Gasteiger partial charge in [0.05, 0.1) is 5.52 Å². The predicted molar refractivity (Wildman–Crippen MR) is 71.9 cm³/mol. The molecule has 82 valence electrons. The van der Waals surface area contributed by atoms with Crippen LogP contribution < -0.4 is 0 Å². The fraction of sp³-hybridized carbons (Fsp3) is 0. The Morgan fingerprint density at radius 3 is 2.41 bits per heavy atom. The van der Waals surface area contributed by atoms with Crippen molar-refractivity contribution in [2.24, 2.45) is 0 Å². The number of benzene rings is 2. The van der Waals surface area contributed by atoms with Gasteiger partial charge in [0.2, 0.25) is 4.77 Å². The molecule has 0 saturated heterocycles. The Morgan fingerprint density at radius 2 is 1.59 bits per heavy atom. The summed E-state index contributed by atoms with van der Waals surface area (Å²) in [6.07, 6.45) is 1.82. The average molecular weight is 238 g/mol. The first-order chi connectivity index (χ1) is 8.36. The van der Waals surface area contributed by atoms with Gasteiger partial charge in [-0.3, -0.25) is 4.57 Å². The highest BCUT2D eigenvalue weighted by Crippen LogP contribution is 2.17. The van der Waals surface area contributed by atoms with Crippen LogP contribution in [-0.4, -0.2) is 9.55 Å². The van der Waals surface area contributed by atoms with Gasteiger partial charge < -0.3 is 0 Å². The summed E-state index contributed by atoms with van der Waals surface area (Å²) in [5, 5.41) is 1.09. The quantitative estimate of drug-likeness (QED) is 0.601. The number of hydrogen-bond acceptors (Lipinski definition) is 2. The van der Waals surface area contributed by atoms with Crippen molar-refractivity contribution >= 4 is 23.1 Å². The second-order valence-corrected chi connectivity index (χ2v) is 4.14. The van der Waals surface area contributed by atoms with Gasteiger partial charge in [-0.1, -0.05) is 36.4 Å². The predicted octanol–water partition coefficient (Wildman–Crippen LogP) is 3.75. The Balaban J connectivity index is 2.43. The maximum atomic E-state index is 5.31. The molecule has 2 aromatic carbocycles. The minimum Gasteiger partial charge on any atom is -0.285 e. The van der Waals surface area contributed by atoms with Gasteiger partial charge in [-0.25, -0.2) is 4.98 Å². The van der Waals surface area contributed by atoms with Crippen LogP contribution in [0.2, 0.25) is 0 Å². The third-order valence-corrected chi connectivity index (χ3v) is 2.99. The van der Waals surface area contributed by atoms with Crippen molar-refractivity contribution in [1.29, 1.82) is 0 Å². The van der Waals surface area contributed by atoms with Crippen molar-refractivity contribution in [2.75, 3.05) is 0 Å². The van der Waals surface area contributed by atoms with Crippen LogP contribution in [0.5, 0.6) is 0 Å². The van der Waals surface area contributed by atoms with Crippen LogP contribution >= 0.6 is 12.2 Å². The number of fused-ring (bicyclic) bond motifs is 1. The maximum absolute atomic E-state index is 5.31. The summed E-state index contributed by atoms with van der Waals surface area (Å²) < 4.78 is 2.57. The van der Waals surface area contributed by atoms with Crippen LogP contribution in [0.4, 0.5) is 0 Å². The molecule has 0 amide bonds. The molecule has 0 aliphatic heterocycles. The molecule has 1 aromatic heterocycles. The Morgan fingerprint density at radius 1 is 0.882 bits per heavy atom. The first-order valence-electron chi connectivity index (χ1n) is 5.38. The molecule has 0 radical (unpaired) electrons. The largest absolute Gasteiger partial charge is 0.285 e. The highest BCUT2D eigenvalue weighted by atomic mass is 32.1. The second-order valence-electron chi connectivity index (χ2n) is 3.77. The molecule has 0 fully saturated rings. The Bertz CT molecular complexity index is 717. The molecule has 0 aliphatic carbocycles. The van der Waals surface area contributed by atoms with Gasteiger partial charge >= 0.3 is 0 Å². The highest BCUT2D eigenvalue weighted by Gasteiger charge is 2.02. The van der Waals surface area contributed by atoms with Crippen LogP contribution in [-0.2, 0) is 0 Å². The fourth-order valence-electron chi connectivity index (χ4n) is 1.91. The van der Waals surface area contributed by atoms with Crippen LogP contribution in [0.25, 0.3) is 16.6 Å². The van der Waals surface area contributed by atoms with E-state index in [9.17, 15) is 0 Å². The Kier molecular flexibility index (Phi) is 2.46. The SMILES string of the molecule is S=c1ncc2ccccc2n1-c1ccccc1. The average Bonchev–Trinajstić information content (AvgIpc) is 2.39. The van der Waals surface area contributed by atoms with E-state index in [4.69, 9.17) is 12.2 Å². The van der Waals surface area contributed by atoms with Crippen molar-refractivity contribution in [3.63, 3.8) is 0 Å². The molecule has 0 unspecified atom stereocenters. The van der Waals surface area contributed by atoms with E-state index >= 15 is 0 Å². The van der Waals surface area contributed by atoms with E-state index < -0.39 is 0 Å². The molecule has 3 heteroatoms. The van der Waals surface area contributed by atoms with E-state index in [-0.39, 0.29) is 0 Å². The minimum absolute atomic E-state index is 0.579. The van der Waals surface area contributed by atoms with Gasteiger partial charge in [0.1, 0.15) is 0 Å². The summed E-state index contributed by atoms with van der Waals surface area (Å²) in [5.74, 6) is 0. The van der Waals surface area contributed by atoms with Gasteiger partial charge in [0.15, 0.2) is 0 Å². The third-order valence-electron chi connectivity index (χ3n) is 2.70. The maximum Gasteiger partial charge on any atom is 0.204 e. The summed E-state index contributed by atoms with van der Waals surface area (Å²) in [4.78, 5) is 4.26. The first kappa shape index (κ1) is 10.2. The lowest BCUT2D eigenvalue weighted by Crippen LogP contribution is -2.00. The van der Waals surface area contributed by atoms with E-state index in [2.05, 4.69) is 11.1 Å². The van der Waals surface area contributed by atoms with Gasteiger partial charge in [-0.15, -0.1) is 0 Å². The van der Waals surface area contributed by atoms with Gasteiger partial charge in [0, 0.05) is 17.3 Å². The van der Waals surface area contributed by atoms with E-state index in [0.717, 1.165) is 16.6 Å². The van der Waals surface area contributed by atoms with Gasteiger partial charge in [0.25, 0.3) is 0 Å². The van der Waals surface area contributed by atoms with Crippen LogP contribution in [0, 0.1) is 4.77 Å². The molecule has 1 heterocycles. The Hall–Kier alpha value is -2.00. The summed E-state index contributed by atoms with van der Waals surface area (Å²) in [6, 6.07) is 18.2. The van der Waals surface area contributed by atoms with Gasteiger partial charge in [-0.2, -0.15) is 0 Å². The summed E-state index contributed by atoms with van der Waals surface area (Å²) in [6.45, 7) is 0. The molecule has 3 rings (SSSR count). The molecular weight excluding hydrogens is 228 g/mol. The third kappa shape index (κ3) is 1.74. The summed E-state index contributed by atoms with van der Waals surface area (Å²) >= 11 is 5.31. The number of aromatic nitrogens is 2. The molecule has 0 atom stereocenters. The normalized spacial score (nSPS) is 10.6. The number of rotatable bonds is 1. The molecule has 0 bridgehead atoms. The molecule has 0 saturated carbocycles. The molecular formula is C14H10N2S. The zero-order valence-electron chi connectivity index (χ0n) is 9.08. The zero-order chi connectivity index (χ0) is 11.7. The standard InChI is InChI=1S/C14H10N2S/c17-14-15-10-11-6-4-5-9-13(11)16(14)12-7-2-1-3-8-12/h1-10H. The van der Waals surface area contributed by atoms with Crippen molar-refractivity contribution in [2.45, 2.75) is 0 Å². The smallest absolute Gasteiger partial charge is 0.204 e. The van der Waals surface area contributed by atoms with Crippen molar-refractivity contribution in [1.82, 2.24) is 9.55 Å². The fourth-order valence-corrected chi connectivity index (χ4v) is 2.17. The molecule has 0 spiro atoms. The second kappa shape index (κ2) is 4.11. The molecule has 3 aromatic rings. The first-order valence-corrected chi connectivity index (χ1v) is 5.79. The van der Waals surface area contributed by atoms with E-state index in [1.165, 1.54) is 0 Å². The van der Waals surface area contributed by atoms with Crippen LogP contribution in [0.1, 0.15) is 0 Å². The summed E-state index contributed by atoms with van der Waals surface area (Å²) in [5.41, 5.74) is 2.13. The molecule has 0 aliphatic rings. The Labute approximate surface area is 104 Å². The van der Waals surface area contributed by atoms with Gasteiger partial charge in [-0.05, 0) is 30.4 Å². The molecule has 0 N–H and O–H groups in total. The molecule has 2 nitrogen and oxygen atoms in total. The van der Waals surface area contributed by atoms with Crippen LogP contribution in [0.15, 0.2) is 60.8 Å². The topological polar surface area (TPSA) is 17.8 Å². The minimum atomic E-state index is 0.579. The lowest BCUT2D eigenvalue weighted by molar-refractivity contribution is 1.01. The number of hydrogen-bond donors (Lipinski definition) is 0. The molecule has 17 heavy (non-hydrogen) atoms.